The van der Waals surface area contributed by atoms with E-state index in [0.29, 0.717) is 5.96 Å². The first-order chi connectivity index (χ1) is 8.27. The number of hydrogen-bond donors (Lipinski definition) is 3. The first-order valence-corrected chi connectivity index (χ1v) is 5.96. The van der Waals surface area contributed by atoms with E-state index in [1.165, 1.54) is 0 Å². The molecule has 1 aromatic rings. The number of unbranched alkanes of at least 4 members (excludes halogenated alkanes) is 1. The minimum absolute atomic E-state index is 0.0765. The van der Waals surface area contributed by atoms with Gasteiger partial charge in [0.1, 0.15) is 0 Å². The Morgan fingerprint density at radius 1 is 1.53 bits per heavy atom. The molecule has 0 aliphatic heterocycles. The monoisotopic (exact) mass is 235 g/mol. The summed E-state index contributed by atoms with van der Waals surface area (Å²) in [5.74, 6) is 6.03. The summed E-state index contributed by atoms with van der Waals surface area (Å²) in [6.45, 7) is 4.93. The van der Waals surface area contributed by atoms with Crippen molar-refractivity contribution in [1.82, 2.24) is 15.7 Å². The molecule has 0 aromatic carbocycles. The zero-order valence-corrected chi connectivity index (χ0v) is 10.5. The Kier molecular flexibility index (Phi) is 6.03. The molecule has 0 aliphatic rings. The van der Waals surface area contributed by atoms with Gasteiger partial charge in [0, 0.05) is 12.7 Å². The maximum absolute atomic E-state index is 5.42. The molecule has 1 rings (SSSR count). The molecule has 5 nitrogen and oxygen atoms in total. The summed E-state index contributed by atoms with van der Waals surface area (Å²) in [6, 6.07) is 5.91. The number of aliphatic imine (C=N–C) groups is 1. The van der Waals surface area contributed by atoms with Gasteiger partial charge in [0.2, 0.25) is 5.96 Å². The zero-order valence-electron chi connectivity index (χ0n) is 10.5. The highest BCUT2D eigenvalue weighted by atomic mass is 15.3. The van der Waals surface area contributed by atoms with Gasteiger partial charge in [-0.15, -0.1) is 0 Å². The molecule has 1 atom stereocenters. The number of hydrazine groups is 1. The van der Waals surface area contributed by atoms with Crippen LogP contribution in [0.3, 0.4) is 0 Å². The second kappa shape index (κ2) is 7.62. The number of hydrogen-bond acceptors (Lipinski definition) is 3. The summed E-state index contributed by atoms with van der Waals surface area (Å²) in [5, 5.41) is 3.19. The van der Waals surface area contributed by atoms with Crippen LogP contribution in [0.1, 0.15) is 38.4 Å². The molecule has 1 unspecified atom stereocenters. The molecule has 94 valence electrons. The third-order valence-electron chi connectivity index (χ3n) is 2.40. The lowest BCUT2D eigenvalue weighted by Crippen LogP contribution is -2.42. The van der Waals surface area contributed by atoms with Crippen LogP contribution in [0.25, 0.3) is 0 Å². The molecule has 0 saturated carbocycles. The lowest BCUT2D eigenvalue weighted by Gasteiger charge is -2.15. The van der Waals surface area contributed by atoms with Gasteiger partial charge in [0.05, 0.1) is 11.7 Å². The maximum atomic E-state index is 5.42. The van der Waals surface area contributed by atoms with E-state index in [2.05, 4.69) is 27.6 Å². The van der Waals surface area contributed by atoms with Gasteiger partial charge in [-0.3, -0.25) is 15.4 Å². The standard InChI is InChI=1S/C12H21N5/c1-3-4-8-15-12(17-13)16-10(2)11-7-5-6-9-14-11/h5-7,9-10H,3-4,8,13H2,1-2H3,(H2,15,16,17). The van der Waals surface area contributed by atoms with Crippen LogP contribution in [0.2, 0.25) is 0 Å². The smallest absolute Gasteiger partial charge is 0.206 e. The normalized spacial score (nSPS) is 13.2. The predicted molar refractivity (Wildman–Crippen MR) is 70.3 cm³/mol. The van der Waals surface area contributed by atoms with Gasteiger partial charge < -0.3 is 5.32 Å². The Balaban J connectivity index is 2.53. The third kappa shape index (κ3) is 4.82. The average Bonchev–Trinajstić information content (AvgIpc) is 2.38. The predicted octanol–water partition coefficient (Wildman–Crippen LogP) is 1.35. The lowest BCUT2D eigenvalue weighted by molar-refractivity contribution is 0.664. The van der Waals surface area contributed by atoms with Crippen LogP contribution in [-0.4, -0.2) is 17.5 Å². The summed E-state index contributed by atoms with van der Waals surface area (Å²) in [6.07, 6.45) is 3.96. The molecule has 0 amide bonds. The molecule has 17 heavy (non-hydrogen) atoms. The molecule has 0 radical (unpaired) electrons. The van der Waals surface area contributed by atoms with E-state index in [9.17, 15) is 0 Å². The van der Waals surface area contributed by atoms with Crippen molar-refractivity contribution in [1.29, 1.82) is 0 Å². The second-order valence-corrected chi connectivity index (χ2v) is 3.85. The van der Waals surface area contributed by atoms with Gasteiger partial charge in [-0.25, -0.2) is 5.84 Å². The van der Waals surface area contributed by atoms with Gasteiger partial charge in [0.25, 0.3) is 0 Å². The van der Waals surface area contributed by atoms with E-state index in [1.54, 1.807) is 6.20 Å². The Morgan fingerprint density at radius 3 is 2.94 bits per heavy atom. The van der Waals surface area contributed by atoms with Gasteiger partial charge in [-0.1, -0.05) is 19.4 Å². The fourth-order valence-corrected chi connectivity index (χ4v) is 1.39. The summed E-state index contributed by atoms with van der Waals surface area (Å²) in [7, 11) is 0. The van der Waals surface area contributed by atoms with Crippen molar-refractivity contribution in [2.24, 2.45) is 10.8 Å². The van der Waals surface area contributed by atoms with Crippen LogP contribution in [0.5, 0.6) is 0 Å². The van der Waals surface area contributed by atoms with Crippen molar-refractivity contribution < 1.29 is 0 Å². The molecule has 0 aliphatic carbocycles. The molecule has 0 bridgehead atoms. The summed E-state index contributed by atoms with van der Waals surface area (Å²) >= 11 is 0. The van der Waals surface area contributed by atoms with Crippen molar-refractivity contribution in [3.63, 3.8) is 0 Å². The summed E-state index contributed by atoms with van der Waals surface area (Å²) < 4.78 is 0. The van der Waals surface area contributed by atoms with Crippen LogP contribution in [0.15, 0.2) is 29.4 Å². The Hall–Kier alpha value is -1.62. The van der Waals surface area contributed by atoms with Gasteiger partial charge in [-0.2, -0.15) is 0 Å². The van der Waals surface area contributed by atoms with E-state index in [-0.39, 0.29) is 6.04 Å². The largest absolute Gasteiger partial charge is 0.347 e. The number of guanidine groups is 1. The van der Waals surface area contributed by atoms with Crippen molar-refractivity contribution in [2.45, 2.75) is 32.7 Å². The quantitative estimate of drug-likeness (QED) is 0.237. The van der Waals surface area contributed by atoms with Crippen LogP contribution < -0.4 is 16.6 Å². The van der Waals surface area contributed by atoms with E-state index in [4.69, 9.17) is 5.84 Å². The van der Waals surface area contributed by atoms with E-state index in [1.807, 2.05) is 25.1 Å². The van der Waals surface area contributed by atoms with Crippen molar-refractivity contribution in [2.75, 3.05) is 6.54 Å². The van der Waals surface area contributed by atoms with Crippen molar-refractivity contribution >= 4 is 5.96 Å². The van der Waals surface area contributed by atoms with E-state index in [0.717, 1.165) is 25.1 Å². The van der Waals surface area contributed by atoms with Crippen LogP contribution in [-0.2, 0) is 0 Å². The molecular formula is C12H21N5. The zero-order chi connectivity index (χ0) is 12.5. The number of nitrogens with two attached hydrogens (primary N) is 1. The van der Waals surface area contributed by atoms with Gasteiger partial charge >= 0.3 is 0 Å². The van der Waals surface area contributed by atoms with Gasteiger partial charge in [-0.05, 0) is 25.5 Å². The van der Waals surface area contributed by atoms with Crippen LogP contribution >= 0.6 is 0 Å². The topological polar surface area (TPSA) is 75.3 Å². The van der Waals surface area contributed by atoms with E-state index < -0.39 is 0 Å². The highest BCUT2D eigenvalue weighted by molar-refractivity contribution is 5.79. The molecule has 4 N–H and O–H groups in total. The lowest BCUT2D eigenvalue weighted by atomic mass is 10.2. The number of nitrogens with zero attached hydrogens (tertiary/aromatic N) is 2. The van der Waals surface area contributed by atoms with Crippen molar-refractivity contribution in [3.05, 3.63) is 30.1 Å². The first kappa shape index (κ1) is 13.4. The molecule has 5 heteroatoms. The molecular weight excluding hydrogens is 214 g/mol. The summed E-state index contributed by atoms with van der Waals surface area (Å²) in [5.41, 5.74) is 3.54. The highest BCUT2D eigenvalue weighted by Crippen LogP contribution is 2.07. The Bertz CT molecular complexity index is 336. The molecule has 0 spiro atoms. The molecule has 1 heterocycles. The Labute approximate surface area is 103 Å². The number of aromatic nitrogens is 1. The van der Waals surface area contributed by atoms with E-state index >= 15 is 0 Å². The number of nitrogens with one attached hydrogen (secondary N) is 2. The summed E-state index contributed by atoms with van der Waals surface area (Å²) in [4.78, 5) is 8.62. The van der Waals surface area contributed by atoms with Crippen molar-refractivity contribution in [3.8, 4) is 0 Å². The minimum atomic E-state index is 0.0765. The number of rotatable bonds is 5. The van der Waals surface area contributed by atoms with Crippen LogP contribution in [0.4, 0.5) is 0 Å². The second-order valence-electron chi connectivity index (χ2n) is 3.85. The average molecular weight is 235 g/mol. The molecule has 1 aromatic heterocycles. The minimum Gasteiger partial charge on any atom is -0.347 e. The Morgan fingerprint density at radius 2 is 2.35 bits per heavy atom. The molecule has 0 fully saturated rings. The fraction of sp³-hybridized carbons (Fsp3) is 0.500. The first-order valence-electron chi connectivity index (χ1n) is 5.96. The van der Waals surface area contributed by atoms with Gasteiger partial charge in [0.15, 0.2) is 0 Å². The fourth-order valence-electron chi connectivity index (χ4n) is 1.39. The molecule has 0 saturated heterocycles. The third-order valence-corrected chi connectivity index (χ3v) is 2.40. The van der Waals surface area contributed by atoms with Crippen LogP contribution in [0, 0.1) is 0 Å². The highest BCUT2D eigenvalue weighted by Gasteiger charge is 2.07. The number of pyridine rings is 1. The maximum Gasteiger partial charge on any atom is 0.206 e. The SMILES string of the molecule is CCCCN=C(NN)NC(C)c1ccccn1.